The smallest absolute Gasteiger partial charge is 0.303 e. The van der Waals surface area contributed by atoms with Gasteiger partial charge in [-0.2, -0.15) is 0 Å². The Kier molecular flexibility index (Phi) is 19.5. The van der Waals surface area contributed by atoms with E-state index in [0.717, 1.165) is 22.1 Å². The standard InChI is InChI=1S/C25H27NO8S.C25H25NO6S/c1-31-23-13-12-21(17-24(23)32-2)35(29,30)26-19-8-10-20(11-9-19)33-15-16-34-22-6-4-3-5-18(22)7-14-25(27)28;27-25(28)15-10-21-8-4-5-9-24(21)32-18-17-31-23-13-11-22(12-14-23)26-33(29,30)19-16-20-6-2-1-3-7-20/h3-6,8-13,17,26H,7,14-16H2,1-2H3,(H,27,28);1-9,11-14,16,19,26H,10,15,17-18H2,(H,27,28)/b;19-16+. The first kappa shape index (κ1) is 51.3. The molecule has 0 aliphatic heterocycles. The zero-order valence-corrected chi connectivity index (χ0v) is 38.9. The van der Waals surface area contributed by atoms with Crippen molar-refractivity contribution >= 4 is 49.4 Å². The number of carboxylic acid groups (broad SMARTS) is 2. The SMILES string of the molecule is COc1ccc(S(=O)(=O)Nc2ccc(OCCOc3ccccc3CCC(=O)O)cc2)cc1OC.O=C(O)CCc1ccccc1OCCOc1ccc(NS(=O)(=O)/C=C/c2ccccc2)cc1. The van der Waals surface area contributed by atoms with Gasteiger partial charge in [0.1, 0.15) is 49.4 Å². The molecule has 0 amide bonds. The lowest BCUT2D eigenvalue weighted by atomic mass is 10.1. The van der Waals surface area contributed by atoms with Crippen LogP contribution in [0.25, 0.3) is 6.08 Å². The Labute approximate surface area is 395 Å². The minimum Gasteiger partial charge on any atom is -0.493 e. The number of para-hydroxylation sites is 2. The maximum absolute atomic E-state index is 12.7. The van der Waals surface area contributed by atoms with Gasteiger partial charge >= 0.3 is 11.9 Å². The Balaban J connectivity index is 0.000000255. The molecule has 0 atom stereocenters. The molecule has 0 radical (unpaired) electrons. The zero-order chi connectivity index (χ0) is 48.8. The van der Waals surface area contributed by atoms with Crippen molar-refractivity contribution in [3.63, 3.8) is 0 Å². The number of aryl methyl sites for hydroxylation is 2. The van der Waals surface area contributed by atoms with Crippen LogP contribution in [0.15, 0.2) is 156 Å². The number of carbonyl (C=O) groups is 2. The van der Waals surface area contributed by atoms with Gasteiger partial charge < -0.3 is 38.6 Å². The summed E-state index contributed by atoms with van der Waals surface area (Å²) in [7, 11) is -4.56. The summed E-state index contributed by atoms with van der Waals surface area (Å²) in [5.74, 6) is 1.39. The average molecular weight is 969 g/mol. The summed E-state index contributed by atoms with van der Waals surface area (Å²) in [6.07, 6.45) is 2.37. The molecule has 0 saturated heterocycles. The number of sulfonamides is 2. The molecule has 6 aromatic carbocycles. The van der Waals surface area contributed by atoms with Crippen molar-refractivity contribution in [1.29, 1.82) is 0 Å². The summed E-state index contributed by atoms with van der Waals surface area (Å²) >= 11 is 0. The molecule has 358 valence electrons. The summed E-state index contributed by atoms with van der Waals surface area (Å²) in [5.41, 5.74) is 3.23. The molecule has 0 spiro atoms. The Bertz CT molecular complexity index is 2800. The van der Waals surface area contributed by atoms with Crippen LogP contribution in [0.5, 0.6) is 34.5 Å². The van der Waals surface area contributed by atoms with Gasteiger partial charge in [0.2, 0.25) is 0 Å². The van der Waals surface area contributed by atoms with Crippen LogP contribution in [0.2, 0.25) is 0 Å². The Morgan fingerprint density at radius 3 is 1.46 bits per heavy atom. The molecule has 0 saturated carbocycles. The number of anilines is 2. The normalized spacial score (nSPS) is 11.1. The van der Waals surface area contributed by atoms with Gasteiger partial charge in [-0.3, -0.25) is 19.0 Å². The van der Waals surface area contributed by atoms with Crippen LogP contribution in [-0.2, 0) is 42.5 Å². The highest BCUT2D eigenvalue weighted by Crippen LogP contribution is 2.30. The molecule has 0 fully saturated rings. The minimum absolute atomic E-state index is 0.0268. The fourth-order valence-electron chi connectivity index (χ4n) is 6.17. The number of aliphatic carboxylic acids is 2. The van der Waals surface area contributed by atoms with E-state index in [-0.39, 0.29) is 44.2 Å². The van der Waals surface area contributed by atoms with Crippen LogP contribution >= 0.6 is 0 Å². The van der Waals surface area contributed by atoms with Gasteiger partial charge in [-0.15, -0.1) is 0 Å². The van der Waals surface area contributed by atoms with Crippen molar-refractivity contribution in [3.8, 4) is 34.5 Å². The molecule has 0 aliphatic carbocycles. The number of rotatable bonds is 25. The Morgan fingerprint density at radius 2 is 0.971 bits per heavy atom. The van der Waals surface area contributed by atoms with Gasteiger partial charge in [0.05, 0.1) is 24.5 Å². The third kappa shape index (κ3) is 17.3. The van der Waals surface area contributed by atoms with Crippen LogP contribution in [-0.4, -0.2) is 79.6 Å². The highest BCUT2D eigenvalue weighted by molar-refractivity contribution is 7.95. The van der Waals surface area contributed by atoms with Crippen LogP contribution in [0.4, 0.5) is 11.4 Å². The molecule has 4 N–H and O–H groups in total. The molecular weight excluding hydrogens is 917 g/mol. The van der Waals surface area contributed by atoms with E-state index in [2.05, 4.69) is 9.44 Å². The molecule has 6 rings (SSSR count). The second-order valence-electron chi connectivity index (χ2n) is 14.4. The van der Waals surface area contributed by atoms with Gasteiger partial charge in [-0.1, -0.05) is 66.7 Å². The maximum atomic E-state index is 12.7. The second-order valence-corrected chi connectivity index (χ2v) is 17.7. The average Bonchev–Trinajstić information content (AvgIpc) is 3.34. The maximum Gasteiger partial charge on any atom is 0.303 e. The van der Waals surface area contributed by atoms with E-state index < -0.39 is 32.0 Å². The predicted octanol–water partition coefficient (Wildman–Crippen LogP) is 8.55. The number of carboxylic acids is 2. The summed E-state index contributed by atoms with van der Waals surface area (Å²) in [6.45, 7) is 1.07. The van der Waals surface area contributed by atoms with E-state index >= 15 is 0 Å². The van der Waals surface area contributed by atoms with Crippen molar-refractivity contribution in [2.45, 2.75) is 30.6 Å². The van der Waals surface area contributed by atoms with Crippen molar-refractivity contribution in [2.75, 3.05) is 50.1 Å². The molecule has 16 nitrogen and oxygen atoms in total. The van der Waals surface area contributed by atoms with Gasteiger partial charge in [0.15, 0.2) is 11.5 Å². The number of hydrogen-bond acceptors (Lipinski definition) is 12. The fraction of sp³-hybridized carbons (Fsp3) is 0.200. The number of nitrogens with one attached hydrogen (secondary N) is 2. The van der Waals surface area contributed by atoms with Gasteiger partial charge in [-0.05, 0) is 108 Å². The fourth-order valence-corrected chi connectivity index (χ4v) is 8.12. The van der Waals surface area contributed by atoms with Crippen LogP contribution in [0.3, 0.4) is 0 Å². The number of benzene rings is 6. The van der Waals surface area contributed by atoms with E-state index in [1.165, 1.54) is 38.5 Å². The largest absolute Gasteiger partial charge is 0.493 e. The van der Waals surface area contributed by atoms with E-state index in [9.17, 15) is 26.4 Å². The first-order valence-corrected chi connectivity index (χ1v) is 24.1. The molecule has 0 aromatic heterocycles. The van der Waals surface area contributed by atoms with E-state index in [1.807, 2.05) is 66.7 Å². The van der Waals surface area contributed by atoms with E-state index in [4.69, 9.17) is 38.6 Å². The van der Waals surface area contributed by atoms with Crippen molar-refractivity contribution < 1.29 is 65.1 Å². The molecule has 18 heteroatoms. The highest BCUT2D eigenvalue weighted by atomic mass is 32.2. The topological polar surface area (TPSA) is 222 Å². The summed E-state index contributed by atoms with van der Waals surface area (Å²) in [4.78, 5) is 21.6. The first-order chi connectivity index (χ1) is 32.7. The molecule has 68 heavy (non-hydrogen) atoms. The molecular formula is C50H52N2O14S2. The Hall–Kier alpha value is -7.70. The quantitative estimate of drug-likeness (QED) is 0.0395. The van der Waals surface area contributed by atoms with Crippen LogP contribution in [0.1, 0.15) is 29.5 Å². The van der Waals surface area contributed by atoms with Crippen LogP contribution in [0, 0.1) is 0 Å². The highest BCUT2D eigenvalue weighted by Gasteiger charge is 2.18. The van der Waals surface area contributed by atoms with Gasteiger partial charge in [-0.25, -0.2) is 16.8 Å². The predicted molar refractivity (Wildman–Crippen MR) is 258 cm³/mol. The molecule has 6 aromatic rings. The lowest BCUT2D eigenvalue weighted by Crippen LogP contribution is -2.13. The molecule has 0 unspecified atom stereocenters. The third-order valence-electron chi connectivity index (χ3n) is 9.51. The lowest BCUT2D eigenvalue weighted by molar-refractivity contribution is -0.138. The third-order valence-corrected chi connectivity index (χ3v) is 11.9. The summed E-state index contributed by atoms with van der Waals surface area (Å²) in [5, 5.41) is 18.9. The zero-order valence-electron chi connectivity index (χ0n) is 37.3. The monoisotopic (exact) mass is 968 g/mol. The number of ether oxygens (including phenoxy) is 6. The molecule has 0 aliphatic rings. The molecule has 0 bridgehead atoms. The van der Waals surface area contributed by atoms with Crippen molar-refractivity contribution in [3.05, 3.63) is 168 Å². The van der Waals surface area contributed by atoms with E-state index in [0.29, 0.717) is 58.7 Å². The van der Waals surface area contributed by atoms with Gasteiger partial charge in [0, 0.05) is 30.3 Å². The van der Waals surface area contributed by atoms with Crippen molar-refractivity contribution in [2.24, 2.45) is 0 Å². The number of hydrogen-bond donors (Lipinski definition) is 4. The van der Waals surface area contributed by atoms with Gasteiger partial charge in [0.25, 0.3) is 20.0 Å². The van der Waals surface area contributed by atoms with E-state index in [1.54, 1.807) is 60.7 Å². The Morgan fingerprint density at radius 1 is 0.515 bits per heavy atom. The summed E-state index contributed by atoms with van der Waals surface area (Å²) in [6, 6.07) is 41.1. The molecule has 0 heterocycles. The summed E-state index contributed by atoms with van der Waals surface area (Å²) < 4.78 is 88.0. The van der Waals surface area contributed by atoms with Crippen molar-refractivity contribution in [1.82, 2.24) is 0 Å². The first-order valence-electron chi connectivity index (χ1n) is 21.0. The minimum atomic E-state index is -3.83. The second kappa shape index (κ2) is 25.9. The lowest BCUT2D eigenvalue weighted by Gasteiger charge is -2.13. The van der Waals surface area contributed by atoms with Crippen LogP contribution < -0.4 is 37.9 Å². The number of methoxy groups -OCH3 is 2.